The molecule has 0 unspecified atom stereocenters. The van der Waals surface area contributed by atoms with Crippen molar-refractivity contribution in [3.63, 3.8) is 0 Å². The van der Waals surface area contributed by atoms with Crippen molar-refractivity contribution in [3.8, 4) is 0 Å². The van der Waals surface area contributed by atoms with Gasteiger partial charge in [0, 0.05) is 19.3 Å². The van der Waals surface area contributed by atoms with Crippen LogP contribution in [0.4, 0.5) is 9.18 Å². The Morgan fingerprint density at radius 1 is 1.00 bits per heavy atom. The molecule has 0 saturated heterocycles. The van der Waals surface area contributed by atoms with E-state index in [0.717, 1.165) is 25.6 Å². The highest BCUT2D eigenvalue weighted by Gasteiger charge is 1.92. The van der Waals surface area contributed by atoms with Crippen LogP contribution in [0.2, 0.25) is 0 Å². The number of halogens is 1. The molecule has 0 fully saturated rings. The summed E-state index contributed by atoms with van der Waals surface area (Å²) in [6.07, 6.45) is 16.3. The third kappa shape index (κ3) is 31.4. The Bertz CT molecular complexity index is 502. The SMILES string of the molecule is C/C=C\C.C=C(F)/C=C/NC(=O)NCCC.C=C/C=C(\C=C/C)CNCCC. The highest BCUT2D eigenvalue weighted by atomic mass is 19.1. The van der Waals surface area contributed by atoms with Gasteiger partial charge >= 0.3 is 6.03 Å². The lowest BCUT2D eigenvalue weighted by atomic mass is 10.2. The second-order valence-corrected chi connectivity index (χ2v) is 5.50. The number of hydrogen-bond acceptors (Lipinski definition) is 2. The lowest BCUT2D eigenvalue weighted by molar-refractivity contribution is 0.244. The fourth-order valence-corrected chi connectivity index (χ4v) is 1.45. The van der Waals surface area contributed by atoms with Gasteiger partial charge in [0.15, 0.2) is 0 Å². The molecule has 5 heteroatoms. The summed E-state index contributed by atoms with van der Waals surface area (Å²) in [6, 6.07) is -0.339. The Balaban J connectivity index is -0.000000375. The lowest BCUT2D eigenvalue weighted by Gasteiger charge is -2.02. The van der Waals surface area contributed by atoms with Crippen LogP contribution in [0.5, 0.6) is 0 Å². The molecular weight excluding hydrogens is 353 g/mol. The summed E-state index contributed by atoms with van der Waals surface area (Å²) in [5, 5.41) is 8.21. The molecule has 4 nitrogen and oxygen atoms in total. The van der Waals surface area contributed by atoms with Crippen LogP contribution in [0.3, 0.4) is 0 Å². The molecule has 0 rings (SSSR count). The maximum Gasteiger partial charge on any atom is 0.318 e. The second-order valence-electron chi connectivity index (χ2n) is 5.50. The number of nitrogens with one attached hydrogen (secondary N) is 3. The van der Waals surface area contributed by atoms with Gasteiger partial charge < -0.3 is 16.0 Å². The summed E-state index contributed by atoms with van der Waals surface area (Å²) in [7, 11) is 0. The van der Waals surface area contributed by atoms with Crippen molar-refractivity contribution in [3.05, 3.63) is 73.3 Å². The van der Waals surface area contributed by atoms with Gasteiger partial charge in [-0.05, 0) is 51.8 Å². The predicted octanol–water partition coefficient (Wildman–Crippen LogP) is 5.95. The van der Waals surface area contributed by atoms with Crippen LogP contribution in [0.1, 0.15) is 47.5 Å². The van der Waals surface area contributed by atoms with Crippen molar-refractivity contribution in [2.75, 3.05) is 19.6 Å². The number of urea groups is 1. The van der Waals surface area contributed by atoms with Gasteiger partial charge in [0.2, 0.25) is 0 Å². The van der Waals surface area contributed by atoms with E-state index in [0.29, 0.717) is 6.54 Å². The molecule has 0 spiro atoms. The summed E-state index contributed by atoms with van der Waals surface area (Å²) >= 11 is 0. The first-order chi connectivity index (χ1) is 13.4. The molecule has 3 N–H and O–H groups in total. The molecule has 160 valence electrons. The van der Waals surface area contributed by atoms with Crippen LogP contribution in [0, 0.1) is 0 Å². The van der Waals surface area contributed by atoms with Gasteiger partial charge in [0.05, 0.1) is 0 Å². The Kier molecular flexibility index (Phi) is 29.1. The fraction of sp³-hybridized carbons (Fsp3) is 0.435. The minimum absolute atomic E-state index is 0.339. The zero-order chi connectivity index (χ0) is 22.0. The Hall–Kier alpha value is -2.40. The molecule has 0 aliphatic heterocycles. The maximum absolute atomic E-state index is 12.0. The average molecular weight is 394 g/mol. The van der Waals surface area contributed by atoms with E-state index in [1.807, 2.05) is 58.1 Å². The van der Waals surface area contributed by atoms with Crippen LogP contribution in [-0.2, 0) is 0 Å². The highest BCUT2D eigenvalue weighted by Crippen LogP contribution is 1.95. The van der Waals surface area contributed by atoms with Gasteiger partial charge in [-0.15, -0.1) is 0 Å². The lowest BCUT2D eigenvalue weighted by Crippen LogP contribution is -2.32. The first-order valence-corrected chi connectivity index (χ1v) is 9.70. The summed E-state index contributed by atoms with van der Waals surface area (Å²) in [5.74, 6) is -0.592. The Morgan fingerprint density at radius 3 is 2.04 bits per heavy atom. The van der Waals surface area contributed by atoms with E-state index in [-0.39, 0.29) is 6.03 Å². The molecule has 0 heterocycles. The molecule has 0 aromatic heterocycles. The first-order valence-electron chi connectivity index (χ1n) is 9.70. The van der Waals surface area contributed by atoms with E-state index < -0.39 is 5.83 Å². The molecule has 0 aliphatic carbocycles. The van der Waals surface area contributed by atoms with E-state index >= 15 is 0 Å². The zero-order valence-electron chi connectivity index (χ0n) is 18.4. The molecule has 0 bridgehead atoms. The minimum Gasteiger partial charge on any atom is -0.338 e. The molecule has 28 heavy (non-hydrogen) atoms. The number of allylic oxidation sites excluding steroid dienone is 7. The first kappa shape index (κ1) is 30.3. The average Bonchev–Trinajstić information content (AvgIpc) is 2.67. The van der Waals surface area contributed by atoms with Crippen molar-refractivity contribution < 1.29 is 9.18 Å². The number of amides is 2. The van der Waals surface area contributed by atoms with Crippen LogP contribution in [-0.4, -0.2) is 25.7 Å². The fourth-order valence-electron chi connectivity index (χ4n) is 1.45. The van der Waals surface area contributed by atoms with Crippen molar-refractivity contribution in [1.29, 1.82) is 0 Å². The largest absolute Gasteiger partial charge is 0.338 e. The topological polar surface area (TPSA) is 53.2 Å². The third-order valence-corrected chi connectivity index (χ3v) is 2.82. The Labute approximate surface area is 172 Å². The predicted molar refractivity (Wildman–Crippen MR) is 123 cm³/mol. The van der Waals surface area contributed by atoms with Crippen LogP contribution in [0.25, 0.3) is 0 Å². The van der Waals surface area contributed by atoms with Gasteiger partial charge in [-0.3, -0.25) is 0 Å². The second kappa shape index (κ2) is 26.8. The van der Waals surface area contributed by atoms with Gasteiger partial charge in [-0.25, -0.2) is 9.18 Å². The van der Waals surface area contributed by atoms with Crippen molar-refractivity contribution in [1.82, 2.24) is 16.0 Å². The van der Waals surface area contributed by atoms with E-state index in [4.69, 9.17) is 0 Å². The number of carbonyl (C=O) groups is 1. The summed E-state index contributed by atoms with van der Waals surface area (Å²) in [5.41, 5.74) is 1.28. The van der Waals surface area contributed by atoms with Crippen LogP contribution in [0.15, 0.2) is 73.3 Å². The maximum atomic E-state index is 12.0. The number of hydrogen-bond donors (Lipinski definition) is 3. The van der Waals surface area contributed by atoms with Gasteiger partial charge in [-0.1, -0.05) is 63.5 Å². The molecule has 0 aliphatic rings. The van der Waals surface area contributed by atoms with E-state index in [2.05, 4.69) is 42.1 Å². The van der Waals surface area contributed by atoms with Crippen molar-refractivity contribution in [2.24, 2.45) is 0 Å². The summed E-state index contributed by atoms with van der Waals surface area (Å²) in [6.45, 7) is 19.4. The molecule has 0 atom stereocenters. The Morgan fingerprint density at radius 2 is 1.61 bits per heavy atom. The standard InChI is InChI=1S/C11H19N.C8H13FN2O.C4H8/c1-4-7-11(8-5-2)10-12-9-6-3;1-3-5-10-8(12)11-6-4-7(2)9;1-3-4-2/h4-5,7-8,12H,1,6,9-10H2,2-3H3;4,6H,2-3,5H2,1H3,(H2,10,11,12);3-4H,1-2H3/b8-5-,11-7+;6-4+;4-3-. The zero-order valence-corrected chi connectivity index (χ0v) is 18.4. The molecular formula is C23H40FN3O. The van der Waals surface area contributed by atoms with Gasteiger partial charge in [0.1, 0.15) is 5.83 Å². The molecule has 0 radical (unpaired) electrons. The van der Waals surface area contributed by atoms with E-state index in [1.165, 1.54) is 18.2 Å². The van der Waals surface area contributed by atoms with E-state index in [9.17, 15) is 9.18 Å². The van der Waals surface area contributed by atoms with Crippen molar-refractivity contribution >= 4 is 6.03 Å². The third-order valence-electron chi connectivity index (χ3n) is 2.82. The summed E-state index contributed by atoms with van der Waals surface area (Å²) < 4.78 is 12.0. The molecule has 0 aromatic rings. The number of rotatable bonds is 10. The molecule has 2 amide bonds. The number of carbonyl (C=O) groups excluding carboxylic acids is 1. The van der Waals surface area contributed by atoms with Gasteiger partial charge in [0.25, 0.3) is 0 Å². The van der Waals surface area contributed by atoms with Crippen LogP contribution >= 0.6 is 0 Å². The van der Waals surface area contributed by atoms with E-state index in [1.54, 1.807) is 0 Å². The smallest absolute Gasteiger partial charge is 0.318 e. The molecule has 0 aromatic carbocycles. The quantitative estimate of drug-likeness (QED) is 0.244. The monoisotopic (exact) mass is 393 g/mol. The normalized spacial score (nSPS) is 10.9. The molecule has 0 saturated carbocycles. The van der Waals surface area contributed by atoms with Crippen molar-refractivity contribution in [2.45, 2.75) is 47.5 Å². The summed E-state index contributed by atoms with van der Waals surface area (Å²) in [4.78, 5) is 10.8. The highest BCUT2D eigenvalue weighted by molar-refractivity contribution is 5.74. The van der Waals surface area contributed by atoms with Crippen LogP contribution < -0.4 is 16.0 Å². The minimum atomic E-state index is -0.592. The van der Waals surface area contributed by atoms with Gasteiger partial charge in [-0.2, -0.15) is 0 Å².